The van der Waals surface area contributed by atoms with Crippen LogP contribution < -0.4 is 0 Å². The van der Waals surface area contributed by atoms with Crippen molar-refractivity contribution in [1.29, 1.82) is 5.26 Å². The van der Waals surface area contributed by atoms with E-state index in [1.165, 1.54) is 5.56 Å². The molecule has 0 saturated carbocycles. The summed E-state index contributed by atoms with van der Waals surface area (Å²) in [6.45, 7) is 4.33. The number of likely N-dealkylation sites (N-methyl/N-ethyl adjacent to an activating group) is 1. The van der Waals surface area contributed by atoms with E-state index in [1.54, 1.807) is 0 Å². The predicted molar refractivity (Wildman–Crippen MR) is 73.1 cm³/mol. The number of unbranched alkanes of at least 4 members (excludes halogenated alkanes) is 1. The van der Waals surface area contributed by atoms with Crippen molar-refractivity contribution < 1.29 is 0 Å². The predicted octanol–water partition coefficient (Wildman–Crippen LogP) is 2.28. The molecule has 1 saturated heterocycles. The first kappa shape index (κ1) is 13.1. The van der Waals surface area contributed by atoms with Crippen LogP contribution in [0.1, 0.15) is 24.4 Å². The summed E-state index contributed by atoms with van der Waals surface area (Å²) in [7, 11) is 2.18. The van der Waals surface area contributed by atoms with Crippen LogP contribution >= 0.6 is 0 Å². The van der Waals surface area contributed by atoms with E-state index in [2.05, 4.69) is 53.2 Å². The fraction of sp³-hybridized carbons (Fsp3) is 0.533. The van der Waals surface area contributed by atoms with E-state index in [4.69, 9.17) is 5.26 Å². The quantitative estimate of drug-likeness (QED) is 0.760. The first-order valence-corrected chi connectivity index (χ1v) is 6.66. The Hall–Kier alpha value is -1.37. The molecule has 1 atom stereocenters. The highest BCUT2D eigenvalue weighted by molar-refractivity contribution is 5.20. The molecule has 1 heterocycles. The summed E-state index contributed by atoms with van der Waals surface area (Å²) in [4.78, 5) is 4.91. The Balaban J connectivity index is 2.04. The van der Waals surface area contributed by atoms with Crippen LogP contribution in [0.2, 0.25) is 0 Å². The van der Waals surface area contributed by atoms with Crippen molar-refractivity contribution in [3.05, 3.63) is 35.9 Å². The molecule has 0 spiro atoms. The van der Waals surface area contributed by atoms with Gasteiger partial charge in [0.2, 0.25) is 0 Å². The summed E-state index contributed by atoms with van der Waals surface area (Å²) in [6.07, 6.45) is 1.64. The fourth-order valence-corrected chi connectivity index (χ4v) is 2.58. The standard InChI is InChI=1S/C15H21N3/c1-17-11-12-18(10-6-5-9-16)15(13-17)14-7-3-2-4-8-14/h2-4,7-8,15H,5-6,10-13H2,1H3. The maximum atomic E-state index is 8.64. The molecule has 96 valence electrons. The van der Waals surface area contributed by atoms with E-state index < -0.39 is 0 Å². The molecule has 0 aliphatic carbocycles. The Morgan fingerprint density at radius 2 is 2.06 bits per heavy atom. The molecule has 0 N–H and O–H groups in total. The minimum atomic E-state index is 0.476. The SMILES string of the molecule is CN1CCN(CCCC#N)C(c2ccccc2)C1. The number of hydrogen-bond donors (Lipinski definition) is 0. The first-order valence-electron chi connectivity index (χ1n) is 6.66. The lowest BCUT2D eigenvalue weighted by atomic mass is 10.0. The molecule has 1 unspecified atom stereocenters. The number of rotatable bonds is 4. The summed E-state index contributed by atoms with van der Waals surface area (Å²) in [5, 5.41) is 8.64. The monoisotopic (exact) mass is 243 g/mol. The van der Waals surface area contributed by atoms with E-state index in [1.807, 2.05) is 0 Å². The zero-order chi connectivity index (χ0) is 12.8. The maximum Gasteiger partial charge on any atom is 0.0622 e. The topological polar surface area (TPSA) is 30.3 Å². The van der Waals surface area contributed by atoms with Gasteiger partial charge in [0, 0.05) is 32.1 Å². The molecule has 0 aromatic heterocycles. The van der Waals surface area contributed by atoms with Crippen molar-refractivity contribution in [3.63, 3.8) is 0 Å². The second-order valence-electron chi connectivity index (χ2n) is 4.99. The smallest absolute Gasteiger partial charge is 0.0622 e. The molecule has 2 rings (SSSR count). The van der Waals surface area contributed by atoms with Gasteiger partial charge in [-0.1, -0.05) is 30.3 Å². The zero-order valence-corrected chi connectivity index (χ0v) is 11.0. The lowest BCUT2D eigenvalue weighted by Gasteiger charge is -2.40. The molecule has 3 heteroatoms. The molecule has 0 bridgehead atoms. The minimum absolute atomic E-state index is 0.476. The Morgan fingerprint density at radius 3 is 2.78 bits per heavy atom. The molecule has 1 aromatic rings. The zero-order valence-electron chi connectivity index (χ0n) is 11.0. The summed E-state index contributed by atoms with van der Waals surface area (Å²) in [5.74, 6) is 0. The van der Waals surface area contributed by atoms with Crippen molar-refractivity contribution in [2.24, 2.45) is 0 Å². The normalized spacial score (nSPS) is 21.7. The van der Waals surface area contributed by atoms with Crippen molar-refractivity contribution >= 4 is 0 Å². The second-order valence-corrected chi connectivity index (χ2v) is 4.99. The third-order valence-corrected chi connectivity index (χ3v) is 3.61. The molecular weight excluding hydrogens is 222 g/mol. The van der Waals surface area contributed by atoms with Gasteiger partial charge in [-0.3, -0.25) is 4.90 Å². The third kappa shape index (κ3) is 3.32. The molecule has 0 radical (unpaired) electrons. The van der Waals surface area contributed by atoms with Crippen molar-refractivity contribution in [1.82, 2.24) is 9.80 Å². The summed E-state index contributed by atoms with van der Waals surface area (Å²) >= 11 is 0. The lowest BCUT2D eigenvalue weighted by Crippen LogP contribution is -2.47. The highest BCUT2D eigenvalue weighted by Gasteiger charge is 2.25. The van der Waals surface area contributed by atoms with Crippen LogP contribution in [0.25, 0.3) is 0 Å². The highest BCUT2D eigenvalue weighted by Crippen LogP contribution is 2.24. The van der Waals surface area contributed by atoms with Crippen LogP contribution in [0, 0.1) is 11.3 Å². The molecule has 18 heavy (non-hydrogen) atoms. The van der Waals surface area contributed by atoms with Gasteiger partial charge in [-0.05, 0) is 25.6 Å². The lowest BCUT2D eigenvalue weighted by molar-refractivity contribution is 0.0892. The molecule has 1 aliphatic heterocycles. The number of nitrogens with zero attached hydrogens (tertiary/aromatic N) is 3. The largest absolute Gasteiger partial charge is 0.303 e. The number of piperazine rings is 1. The van der Waals surface area contributed by atoms with Gasteiger partial charge in [-0.15, -0.1) is 0 Å². The van der Waals surface area contributed by atoms with Crippen molar-refractivity contribution in [2.45, 2.75) is 18.9 Å². The Morgan fingerprint density at radius 1 is 1.28 bits per heavy atom. The summed E-state index contributed by atoms with van der Waals surface area (Å²) in [5.41, 5.74) is 1.39. The van der Waals surface area contributed by atoms with E-state index in [0.29, 0.717) is 12.5 Å². The van der Waals surface area contributed by atoms with Gasteiger partial charge in [0.05, 0.1) is 6.07 Å². The Kier molecular flexibility index (Phi) is 4.74. The van der Waals surface area contributed by atoms with Crippen LogP contribution in [-0.4, -0.2) is 43.0 Å². The van der Waals surface area contributed by atoms with Gasteiger partial charge in [-0.25, -0.2) is 0 Å². The highest BCUT2D eigenvalue weighted by atomic mass is 15.3. The van der Waals surface area contributed by atoms with Gasteiger partial charge < -0.3 is 4.90 Å². The average Bonchev–Trinajstić information content (AvgIpc) is 2.41. The fourth-order valence-electron chi connectivity index (χ4n) is 2.58. The molecule has 0 amide bonds. The second kappa shape index (κ2) is 6.53. The molecule has 1 aliphatic rings. The third-order valence-electron chi connectivity index (χ3n) is 3.61. The Bertz CT molecular complexity index is 396. The molecule has 3 nitrogen and oxygen atoms in total. The summed E-state index contributed by atoms with van der Waals surface area (Å²) in [6, 6.07) is 13.4. The van der Waals surface area contributed by atoms with Crippen LogP contribution in [0.3, 0.4) is 0 Å². The maximum absolute atomic E-state index is 8.64. The minimum Gasteiger partial charge on any atom is -0.303 e. The number of hydrogen-bond acceptors (Lipinski definition) is 3. The van der Waals surface area contributed by atoms with E-state index in [9.17, 15) is 0 Å². The molecular formula is C15H21N3. The van der Waals surface area contributed by atoms with Crippen LogP contribution in [-0.2, 0) is 0 Å². The van der Waals surface area contributed by atoms with E-state index in [-0.39, 0.29) is 0 Å². The molecule has 1 aromatic carbocycles. The van der Waals surface area contributed by atoms with Gasteiger partial charge in [0.25, 0.3) is 0 Å². The van der Waals surface area contributed by atoms with Crippen LogP contribution in [0.4, 0.5) is 0 Å². The van der Waals surface area contributed by atoms with Crippen LogP contribution in [0.15, 0.2) is 30.3 Å². The van der Waals surface area contributed by atoms with Crippen molar-refractivity contribution in [2.75, 3.05) is 33.2 Å². The van der Waals surface area contributed by atoms with E-state index in [0.717, 1.165) is 32.6 Å². The summed E-state index contributed by atoms with van der Waals surface area (Å²) < 4.78 is 0. The van der Waals surface area contributed by atoms with Crippen LogP contribution in [0.5, 0.6) is 0 Å². The molecule has 1 fully saturated rings. The van der Waals surface area contributed by atoms with Gasteiger partial charge in [0.15, 0.2) is 0 Å². The van der Waals surface area contributed by atoms with Crippen molar-refractivity contribution in [3.8, 4) is 6.07 Å². The number of benzene rings is 1. The van der Waals surface area contributed by atoms with Gasteiger partial charge >= 0.3 is 0 Å². The number of nitriles is 1. The Labute approximate surface area is 110 Å². The van der Waals surface area contributed by atoms with Gasteiger partial charge in [0.1, 0.15) is 0 Å². The van der Waals surface area contributed by atoms with Gasteiger partial charge in [-0.2, -0.15) is 5.26 Å². The average molecular weight is 243 g/mol. The van der Waals surface area contributed by atoms with E-state index >= 15 is 0 Å². The first-order chi connectivity index (χ1) is 8.81.